The van der Waals surface area contributed by atoms with Crippen LogP contribution in [-0.2, 0) is 41.9 Å². The summed E-state index contributed by atoms with van der Waals surface area (Å²) in [6, 6.07) is 24.3. The van der Waals surface area contributed by atoms with Crippen LogP contribution in [0.25, 0.3) is 0 Å². The van der Waals surface area contributed by atoms with Gasteiger partial charge in [-0.25, -0.2) is 9.59 Å². The Bertz CT molecular complexity index is 1370. The molecule has 11 heteroatoms. The molecule has 0 spiro atoms. The summed E-state index contributed by atoms with van der Waals surface area (Å²) in [7, 11) is 0. The van der Waals surface area contributed by atoms with Gasteiger partial charge < -0.3 is 30.3 Å². The van der Waals surface area contributed by atoms with Gasteiger partial charge in [0.15, 0.2) is 0 Å². The SMILES string of the molecule is CC(C)C(C(=O)OCc1ccccc1)N(C(=O)CC(O)C(O)C(Sc1ccccc1)C(N)=O)C(C(=O)OCc1ccccc1)C(C)C. The summed E-state index contributed by atoms with van der Waals surface area (Å²) in [5.41, 5.74) is 7.05. The number of hydrogen-bond donors (Lipinski definition) is 3. The fraction of sp³-hybridized carbons (Fsp3) is 0.389. The van der Waals surface area contributed by atoms with E-state index in [0.717, 1.165) is 27.8 Å². The zero-order valence-electron chi connectivity index (χ0n) is 27.1. The molecule has 47 heavy (non-hydrogen) atoms. The van der Waals surface area contributed by atoms with Crippen molar-refractivity contribution >= 4 is 35.5 Å². The molecule has 0 aliphatic rings. The number of primary amides is 1. The fourth-order valence-electron chi connectivity index (χ4n) is 5.07. The van der Waals surface area contributed by atoms with Crippen molar-refractivity contribution in [3.8, 4) is 0 Å². The Morgan fingerprint density at radius 1 is 0.702 bits per heavy atom. The number of ether oxygens (including phenoxy) is 2. The zero-order valence-corrected chi connectivity index (χ0v) is 27.9. The maximum Gasteiger partial charge on any atom is 0.329 e. The molecule has 0 bridgehead atoms. The minimum Gasteiger partial charge on any atom is -0.459 e. The number of aliphatic hydroxyl groups is 2. The minimum absolute atomic E-state index is 0.0614. The van der Waals surface area contributed by atoms with E-state index in [0.29, 0.717) is 4.90 Å². The van der Waals surface area contributed by atoms with Gasteiger partial charge in [0.1, 0.15) is 36.7 Å². The van der Waals surface area contributed by atoms with Crippen LogP contribution in [0.15, 0.2) is 95.9 Å². The number of carbonyl (C=O) groups excluding carboxylic acids is 4. The highest BCUT2D eigenvalue weighted by Gasteiger charge is 2.44. The molecular weight excluding hydrogens is 620 g/mol. The zero-order chi connectivity index (χ0) is 34.5. The smallest absolute Gasteiger partial charge is 0.329 e. The van der Waals surface area contributed by atoms with Crippen molar-refractivity contribution in [1.82, 2.24) is 4.90 Å². The van der Waals surface area contributed by atoms with E-state index in [2.05, 4.69) is 0 Å². The van der Waals surface area contributed by atoms with Gasteiger partial charge >= 0.3 is 11.9 Å². The fourth-order valence-corrected chi connectivity index (χ4v) is 6.12. The van der Waals surface area contributed by atoms with Crippen LogP contribution < -0.4 is 5.73 Å². The van der Waals surface area contributed by atoms with E-state index in [9.17, 15) is 29.4 Å². The molecule has 2 amide bonds. The monoisotopic (exact) mass is 664 g/mol. The van der Waals surface area contributed by atoms with Gasteiger partial charge in [0.2, 0.25) is 11.8 Å². The number of amides is 2. The molecule has 5 atom stereocenters. The molecule has 0 saturated heterocycles. The molecule has 252 valence electrons. The van der Waals surface area contributed by atoms with Crippen LogP contribution in [0.5, 0.6) is 0 Å². The largest absolute Gasteiger partial charge is 0.459 e. The Labute approximate surface area is 280 Å². The van der Waals surface area contributed by atoms with E-state index in [1.807, 2.05) is 12.1 Å². The maximum absolute atomic E-state index is 14.2. The summed E-state index contributed by atoms with van der Waals surface area (Å²) >= 11 is 0.952. The molecule has 0 saturated carbocycles. The van der Waals surface area contributed by atoms with Crippen LogP contribution in [-0.4, -0.2) is 68.4 Å². The van der Waals surface area contributed by atoms with E-state index in [1.54, 1.807) is 107 Å². The molecule has 0 radical (unpaired) electrons. The van der Waals surface area contributed by atoms with Gasteiger partial charge in [-0.15, -0.1) is 11.8 Å². The quantitative estimate of drug-likeness (QED) is 0.143. The lowest BCUT2D eigenvalue weighted by Gasteiger charge is -2.40. The van der Waals surface area contributed by atoms with Crippen LogP contribution in [0.4, 0.5) is 0 Å². The Balaban J connectivity index is 1.93. The van der Waals surface area contributed by atoms with Gasteiger partial charge in [-0.3, -0.25) is 9.59 Å². The van der Waals surface area contributed by atoms with Crippen molar-refractivity contribution in [2.45, 2.75) is 81.8 Å². The average molecular weight is 665 g/mol. The summed E-state index contributed by atoms with van der Waals surface area (Å²) in [6.45, 7) is 6.74. The first kappa shape index (κ1) is 37.3. The first-order chi connectivity index (χ1) is 22.4. The highest BCUT2D eigenvalue weighted by atomic mass is 32.2. The summed E-state index contributed by atoms with van der Waals surface area (Å²) in [5.74, 6) is -4.25. The Hall–Kier alpha value is -4.19. The van der Waals surface area contributed by atoms with E-state index in [1.165, 1.54) is 0 Å². The molecule has 0 fully saturated rings. The number of benzene rings is 3. The average Bonchev–Trinajstić information content (AvgIpc) is 3.05. The third-order valence-electron chi connectivity index (χ3n) is 7.46. The highest BCUT2D eigenvalue weighted by Crippen LogP contribution is 2.29. The molecule has 10 nitrogen and oxygen atoms in total. The van der Waals surface area contributed by atoms with Crippen molar-refractivity contribution in [3.05, 3.63) is 102 Å². The molecule has 0 heterocycles. The first-order valence-corrected chi connectivity index (χ1v) is 16.4. The van der Waals surface area contributed by atoms with Crippen LogP contribution in [0.3, 0.4) is 0 Å². The number of hydrogen-bond acceptors (Lipinski definition) is 9. The number of carbonyl (C=O) groups is 4. The van der Waals surface area contributed by atoms with Crippen LogP contribution in [0.2, 0.25) is 0 Å². The molecule has 4 N–H and O–H groups in total. The van der Waals surface area contributed by atoms with Gasteiger partial charge in [-0.05, 0) is 35.1 Å². The number of nitrogens with two attached hydrogens (primary N) is 1. The van der Waals surface area contributed by atoms with Gasteiger partial charge in [0.05, 0.1) is 12.5 Å². The highest BCUT2D eigenvalue weighted by molar-refractivity contribution is 8.00. The molecule has 3 aromatic carbocycles. The first-order valence-electron chi connectivity index (χ1n) is 15.5. The lowest BCUT2D eigenvalue weighted by atomic mass is 9.94. The molecule has 3 aromatic rings. The van der Waals surface area contributed by atoms with Gasteiger partial charge in [-0.2, -0.15) is 0 Å². The van der Waals surface area contributed by atoms with E-state index in [4.69, 9.17) is 15.2 Å². The van der Waals surface area contributed by atoms with Crippen molar-refractivity contribution < 1.29 is 38.9 Å². The van der Waals surface area contributed by atoms with Crippen molar-refractivity contribution in [3.63, 3.8) is 0 Å². The number of nitrogens with zero attached hydrogens (tertiary/aromatic N) is 1. The molecule has 0 aromatic heterocycles. The third-order valence-corrected chi connectivity index (χ3v) is 8.77. The maximum atomic E-state index is 14.2. The molecule has 3 rings (SSSR count). The number of aliphatic hydroxyl groups excluding tert-OH is 2. The Morgan fingerprint density at radius 3 is 1.49 bits per heavy atom. The standard InChI is InChI=1S/C36H44N2O8S/c1-23(2)30(35(43)45-21-25-14-8-5-9-15-25)38(31(24(3)4)36(44)46-22-26-16-10-6-11-17-26)29(40)20-28(39)32(41)33(34(37)42)47-27-18-12-7-13-19-27/h5-19,23-24,28,30-33,39,41H,20-22H2,1-4H3,(H2,37,42). The van der Waals surface area contributed by atoms with Crippen LogP contribution in [0.1, 0.15) is 45.2 Å². The van der Waals surface area contributed by atoms with Crippen molar-refractivity contribution in [2.75, 3.05) is 0 Å². The molecular formula is C36H44N2O8S. The molecule has 5 unspecified atom stereocenters. The van der Waals surface area contributed by atoms with Crippen LogP contribution >= 0.6 is 11.8 Å². The Kier molecular flexibility index (Phi) is 14.5. The minimum atomic E-state index is -1.76. The van der Waals surface area contributed by atoms with Crippen molar-refractivity contribution in [1.29, 1.82) is 0 Å². The van der Waals surface area contributed by atoms with E-state index < -0.39 is 71.6 Å². The van der Waals surface area contributed by atoms with Crippen LogP contribution in [0, 0.1) is 11.8 Å². The number of thioether (sulfide) groups is 1. The van der Waals surface area contributed by atoms with Gasteiger partial charge in [0.25, 0.3) is 0 Å². The van der Waals surface area contributed by atoms with Gasteiger partial charge in [-0.1, -0.05) is 107 Å². The summed E-state index contributed by atoms with van der Waals surface area (Å²) in [4.78, 5) is 55.7. The molecule has 0 aliphatic heterocycles. The lowest BCUT2D eigenvalue weighted by molar-refractivity contribution is -0.170. The predicted octanol–water partition coefficient (Wildman–Crippen LogP) is 4.11. The lowest BCUT2D eigenvalue weighted by Crippen LogP contribution is -2.59. The van der Waals surface area contributed by atoms with Gasteiger partial charge in [0, 0.05) is 4.90 Å². The molecule has 0 aliphatic carbocycles. The second-order valence-electron chi connectivity index (χ2n) is 11.9. The number of esters is 2. The predicted molar refractivity (Wildman–Crippen MR) is 178 cm³/mol. The number of rotatable bonds is 17. The topological polar surface area (TPSA) is 156 Å². The normalized spacial score (nSPS) is 14.5. The summed E-state index contributed by atoms with van der Waals surface area (Å²) in [6.07, 6.45) is -4.22. The Morgan fingerprint density at radius 2 is 1.11 bits per heavy atom. The summed E-state index contributed by atoms with van der Waals surface area (Å²) in [5, 5.41) is 20.9. The van der Waals surface area contributed by atoms with E-state index in [-0.39, 0.29) is 13.2 Å². The van der Waals surface area contributed by atoms with Crippen molar-refractivity contribution in [2.24, 2.45) is 17.6 Å². The van der Waals surface area contributed by atoms with E-state index >= 15 is 0 Å². The summed E-state index contributed by atoms with van der Waals surface area (Å²) < 4.78 is 11.3. The second-order valence-corrected chi connectivity index (χ2v) is 13.1. The second kappa shape index (κ2) is 18.2. The third kappa shape index (κ3) is 10.9.